The number of rotatable bonds is 9. The normalized spacial score (nSPS) is 11.8. The van der Waals surface area contributed by atoms with Crippen LogP contribution < -0.4 is 10.1 Å². The van der Waals surface area contributed by atoms with Crippen LogP contribution in [0.5, 0.6) is 5.75 Å². The molecule has 0 aromatic heterocycles. The molecule has 0 bridgehead atoms. The van der Waals surface area contributed by atoms with Gasteiger partial charge in [0.15, 0.2) is 0 Å². The Kier molecular flexibility index (Phi) is 8.25. The van der Waals surface area contributed by atoms with Crippen LogP contribution in [0.25, 0.3) is 0 Å². The van der Waals surface area contributed by atoms with Crippen molar-refractivity contribution >= 4 is 11.8 Å². The van der Waals surface area contributed by atoms with E-state index in [1.165, 1.54) is 0 Å². The number of benzene rings is 2. The van der Waals surface area contributed by atoms with E-state index < -0.39 is 6.04 Å². The van der Waals surface area contributed by atoms with Crippen LogP contribution in [0.2, 0.25) is 0 Å². The zero-order valence-electron chi connectivity index (χ0n) is 18.1. The van der Waals surface area contributed by atoms with Gasteiger partial charge in [-0.05, 0) is 43.0 Å². The van der Waals surface area contributed by atoms with Crippen molar-refractivity contribution in [1.29, 1.82) is 0 Å². The third-order valence-corrected chi connectivity index (χ3v) is 4.84. The Morgan fingerprint density at radius 3 is 2.10 bits per heavy atom. The van der Waals surface area contributed by atoms with Crippen molar-refractivity contribution < 1.29 is 14.3 Å². The highest BCUT2D eigenvalue weighted by molar-refractivity contribution is 5.88. The van der Waals surface area contributed by atoms with Gasteiger partial charge in [0.2, 0.25) is 11.8 Å². The Hall–Kier alpha value is -2.82. The Morgan fingerprint density at radius 1 is 0.966 bits per heavy atom. The lowest BCUT2D eigenvalue weighted by atomic mass is 10.1. The molecule has 156 valence electrons. The number of carbonyl (C=O) groups is 2. The maximum Gasteiger partial charge on any atom is 0.242 e. The number of aryl methyl sites for hydroxylation is 1. The van der Waals surface area contributed by atoms with Gasteiger partial charge >= 0.3 is 0 Å². The summed E-state index contributed by atoms with van der Waals surface area (Å²) in [5, 5.41) is 2.94. The molecule has 1 N–H and O–H groups in total. The van der Waals surface area contributed by atoms with Crippen LogP contribution in [0.15, 0.2) is 48.5 Å². The maximum atomic E-state index is 13.1. The second kappa shape index (κ2) is 10.6. The van der Waals surface area contributed by atoms with E-state index in [9.17, 15) is 9.59 Å². The average molecular weight is 397 g/mol. The van der Waals surface area contributed by atoms with Crippen molar-refractivity contribution in [2.45, 2.75) is 46.7 Å². The van der Waals surface area contributed by atoms with E-state index in [0.717, 1.165) is 22.4 Å². The van der Waals surface area contributed by atoms with Crippen molar-refractivity contribution in [2.75, 3.05) is 13.7 Å². The van der Waals surface area contributed by atoms with Gasteiger partial charge in [-0.25, -0.2) is 0 Å². The summed E-state index contributed by atoms with van der Waals surface area (Å²) in [5.41, 5.74) is 3.05. The standard InChI is InChI=1S/C24H32N2O3/c1-17(2)15-25-24(28)19(4)26(16-21-8-6-18(3)7-9-21)23(27)14-20-10-12-22(29-5)13-11-20/h6-13,17,19H,14-16H2,1-5H3,(H,25,28). The molecule has 0 spiro atoms. The van der Waals surface area contributed by atoms with Gasteiger partial charge in [0, 0.05) is 13.1 Å². The van der Waals surface area contributed by atoms with Crippen molar-refractivity contribution in [2.24, 2.45) is 5.92 Å². The highest BCUT2D eigenvalue weighted by atomic mass is 16.5. The third kappa shape index (κ3) is 6.93. The van der Waals surface area contributed by atoms with Crippen LogP contribution in [0.1, 0.15) is 37.5 Å². The Labute approximate surface area is 174 Å². The first-order valence-corrected chi connectivity index (χ1v) is 10.1. The zero-order valence-corrected chi connectivity index (χ0v) is 18.1. The van der Waals surface area contributed by atoms with Gasteiger partial charge in [-0.3, -0.25) is 9.59 Å². The molecule has 0 aliphatic carbocycles. The summed E-state index contributed by atoms with van der Waals surface area (Å²) in [6.45, 7) is 8.89. The molecule has 2 rings (SSSR count). The number of ether oxygens (including phenoxy) is 1. The minimum atomic E-state index is -0.555. The molecular formula is C24H32N2O3. The summed E-state index contributed by atoms with van der Waals surface area (Å²) in [5.74, 6) is 0.891. The summed E-state index contributed by atoms with van der Waals surface area (Å²) >= 11 is 0. The fourth-order valence-corrected chi connectivity index (χ4v) is 2.94. The van der Waals surface area contributed by atoms with Gasteiger partial charge in [0.05, 0.1) is 13.5 Å². The molecule has 2 aromatic carbocycles. The molecule has 0 heterocycles. The average Bonchev–Trinajstić information content (AvgIpc) is 2.71. The van der Waals surface area contributed by atoms with Gasteiger partial charge < -0.3 is 15.0 Å². The van der Waals surface area contributed by atoms with Gasteiger partial charge in [-0.15, -0.1) is 0 Å². The van der Waals surface area contributed by atoms with E-state index in [0.29, 0.717) is 19.0 Å². The van der Waals surface area contributed by atoms with E-state index in [1.54, 1.807) is 18.9 Å². The molecular weight excluding hydrogens is 364 g/mol. The second-order valence-corrected chi connectivity index (χ2v) is 7.85. The molecule has 1 atom stereocenters. The van der Waals surface area contributed by atoms with Crippen LogP contribution in [0, 0.1) is 12.8 Å². The number of hydrogen-bond acceptors (Lipinski definition) is 3. The summed E-state index contributed by atoms with van der Waals surface area (Å²) in [7, 11) is 1.61. The SMILES string of the molecule is COc1ccc(CC(=O)N(Cc2ccc(C)cc2)C(C)C(=O)NCC(C)C)cc1. The Balaban J connectivity index is 2.18. The van der Waals surface area contributed by atoms with Crippen molar-refractivity contribution in [3.8, 4) is 5.75 Å². The number of carbonyl (C=O) groups excluding carboxylic acids is 2. The fourth-order valence-electron chi connectivity index (χ4n) is 2.94. The monoisotopic (exact) mass is 396 g/mol. The molecule has 0 aliphatic heterocycles. The first-order valence-electron chi connectivity index (χ1n) is 10.1. The van der Waals surface area contributed by atoms with Gasteiger partial charge in [0.1, 0.15) is 11.8 Å². The predicted molar refractivity (Wildman–Crippen MR) is 116 cm³/mol. The van der Waals surface area contributed by atoms with Gasteiger partial charge in [-0.1, -0.05) is 55.8 Å². The highest BCUT2D eigenvalue weighted by Gasteiger charge is 2.26. The molecule has 5 nitrogen and oxygen atoms in total. The zero-order chi connectivity index (χ0) is 21.4. The molecule has 0 saturated heterocycles. The van der Waals surface area contributed by atoms with E-state index in [-0.39, 0.29) is 18.2 Å². The molecule has 2 aromatic rings. The topological polar surface area (TPSA) is 58.6 Å². The lowest BCUT2D eigenvalue weighted by molar-refractivity contribution is -0.140. The smallest absolute Gasteiger partial charge is 0.242 e. The lowest BCUT2D eigenvalue weighted by Crippen LogP contribution is -2.48. The number of hydrogen-bond donors (Lipinski definition) is 1. The maximum absolute atomic E-state index is 13.1. The Bertz CT molecular complexity index is 798. The van der Waals surface area contributed by atoms with E-state index in [4.69, 9.17) is 4.74 Å². The molecule has 0 radical (unpaired) electrons. The van der Waals surface area contributed by atoms with Gasteiger partial charge in [0.25, 0.3) is 0 Å². The summed E-state index contributed by atoms with van der Waals surface area (Å²) < 4.78 is 5.18. The van der Waals surface area contributed by atoms with Crippen LogP contribution >= 0.6 is 0 Å². The fraction of sp³-hybridized carbons (Fsp3) is 0.417. The minimum absolute atomic E-state index is 0.0806. The van der Waals surface area contributed by atoms with Gasteiger partial charge in [-0.2, -0.15) is 0 Å². The van der Waals surface area contributed by atoms with Crippen LogP contribution in [0.3, 0.4) is 0 Å². The van der Waals surface area contributed by atoms with Crippen LogP contribution in [0.4, 0.5) is 0 Å². The molecule has 2 amide bonds. The number of nitrogens with one attached hydrogen (secondary N) is 1. The summed E-state index contributed by atoms with van der Waals surface area (Å²) in [6, 6.07) is 14.9. The predicted octanol–water partition coefficient (Wildman–Crippen LogP) is 3.74. The summed E-state index contributed by atoms with van der Waals surface area (Å²) in [6.07, 6.45) is 0.234. The highest BCUT2D eigenvalue weighted by Crippen LogP contribution is 2.16. The molecule has 0 aliphatic rings. The third-order valence-electron chi connectivity index (χ3n) is 4.84. The number of nitrogens with zero attached hydrogens (tertiary/aromatic N) is 1. The van der Waals surface area contributed by atoms with E-state index in [2.05, 4.69) is 5.32 Å². The second-order valence-electron chi connectivity index (χ2n) is 7.85. The molecule has 5 heteroatoms. The quantitative estimate of drug-likeness (QED) is 0.703. The molecule has 1 unspecified atom stereocenters. The largest absolute Gasteiger partial charge is 0.497 e. The molecule has 29 heavy (non-hydrogen) atoms. The van der Waals surface area contributed by atoms with Crippen molar-refractivity contribution in [1.82, 2.24) is 10.2 Å². The first kappa shape index (κ1) is 22.5. The molecule has 0 fully saturated rings. The lowest BCUT2D eigenvalue weighted by Gasteiger charge is -2.29. The van der Waals surface area contributed by atoms with E-state index >= 15 is 0 Å². The van der Waals surface area contributed by atoms with Crippen molar-refractivity contribution in [3.05, 3.63) is 65.2 Å². The van der Waals surface area contributed by atoms with Crippen LogP contribution in [-0.4, -0.2) is 36.4 Å². The van der Waals surface area contributed by atoms with Crippen molar-refractivity contribution in [3.63, 3.8) is 0 Å². The first-order chi connectivity index (χ1) is 13.8. The van der Waals surface area contributed by atoms with E-state index in [1.807, 2.05) is 69.3 Å². The summed E-state index contributed by atoms with van der Waals surface area (Å²) in [4.78, 5) is 27.4. The minimum Gasteiger partial charge on any atom is -0.497 e. The number of amides is 2. The number of methoxy groups -OCH3 is 1. The molecule has 0 saturated carbocycles. The van der Waals surface area contributed by atoms with Crippen LogP contribution in [-0.2, 0) is 22.6 Å². The Morgan fingerprint density at radius 2 is 1.55 bits per heavy atom.